The Morgan fingerprint density at radius 1 is 0.795 bits per heavy atom. The van der Waals surface area contributed by atoms with Gasteiger partial charge in [-0.15, -0.1) is 0 Å². The van der Waals surface area contributed by atoms with Crippen molar-refractivity contribution in [1.29, 1.82) is 0 Å². The van der Waals surface area contributed by atoms with E-state index in [0.29, 0.717) is 11.1 Å². The number of carbonyl (C=O) groups excluding carboxylic acids is 4. The third kappa shape index (κ3) is 9.55. The van der Waals surface area contributed by atoms with Crippen molar-refractivity contribution >= 4 is 46.5 Å². The Morgan fingerprint density at radius 3 is 2.05 bits per heavy atom. The topological polar surface area (TPSA) is 267 Å². The van der Waals surface area contributed by atoms with Crippen LogP contribution in [0.2, 0.25) is 0 Å². The van der Waals surface area contributed by atoms with Gasteiger partial charge in [-0.05, 0) is 35.7 Å². The number of aromatic amines is 1. The molecule has 2 aromatic carbocycles. The van der Waals surface area contributed by atoms with Crippen LogP contribution >= 0.6 is 0 Å². The largest absolute Gasteiger partial charge is 0.508 e. The zero-order chi connectivity index (χ0) is 32.4. The van der Waals surface area contributed by atoms with E-state index >= 15 is 0 Å². The second-order valence-corrected chi connectivity index (χ2v) is 10.2. The molecule has 0 spiro atoms. The van der Waals surface area contributed by atoms with Crippen LogP contribution in [0.15, 0.2) is 54.7 Å². The number of amides is 4. The molecule has 44 heavy (non-hydrogen) atoms. The van der Waals surface area contributed by atoms with Crippen molar-refractivity contribution < 1.29 is 44.1 Å². The number of para-hydroxylation sites is 1. The van der Waals surface area contributed by atoms with Crippen molar-refractivity contribution in [2.24, 2.45) is 11.5 Å². The number of phenolic OH excluding ortho intramolecular Hbond substituents is 1. The number of carboxylic acid groups (broad SMARTS) is 2. The number of nitrogens with two attached hydrogens (primary N) is 2. The first-order valence-electron chi connectivity index (χ1n) is 13.6. The Kier molecular flexibility index (Phi) is 11.4. The number of fused-ring (bicyclic) bond motifs is 1. The Labute approximate surface area is 251 Å². The fourth-order valence-electron chi connectivity index (χ4n) is 4.44. The monoisotopic (exact) mass is 610 g/mol. The van der Waals surface area contributed by atoms with Gasteiger partial charge in [0, 0.05) is 36.4 Å². The fraction of sp³-hybridized carbons (Fsp3) is 0.310. The van der Waals surface area contributed by atoms with E-state index in [-0.39, 0.29) is 25.0 Å². The number of H-pyrrole nitrogens is 1. The Morgan fingerprint density at radius 2 is 1.41 bits per heavy atom. The minimum absolute atomic E-state index is 0.0491. The molecule has 4 atom stereocenters. The molecule has 0 aliphatic carbocycles. The summed E-state index contributed by atoms with van der Waals surface area (Å²) in [5.74, 6) is -6.32. The number of rotatable bonds is 16. The summed E-state index contributed by atoms with van der Waals surface area (Å²) >= 11 is 0. The molecule has 0 saturated carbocycles. The summed E-state index contributed by atoms with van der Waals surface area (Å²) in [6, 6.07) is 7.24. The maximum Gasteiger partial charge on any atom is 0.326 e. The summed E-state index contributed by atoms with van der Waals surface area (Å²) in [6.07, 6.45) is 0.0619. The molecule has 0 radical (unpaired) electrons. The van der Waals surface area contributed by atoms with E-state index in [9.17, 15) is 39.0 Å². The van der Waals surface area contributed by atoms with Crippen molar-refractivity contribution in [2.75, 3.05) is 0 Å². The van der Waals surface area contributed by atoms with Crippen LogP contribution in [-0.4, -0.2) is 80.0 Å². The molecule has 0 saturated heterocycles. The molecule has 4 amide bonds. The number of phenols is 1. The van der Waals surface area contributed by atoms with E-state index in [1.54, 1.807) is 18.3 Å². The van der Waals surface area contributed by atoms with Crippen LogP contribution < -0.4 is 27.4 Å². The van der Waals surface area contributed by atoms with Crippen molar-refractivity contribution in [2.45, 2.75) is 56.3 Å². The van der Waals surface area contributed by atoms with E-state index < -0.39 is 72.6 Å². The van der Waals surface area contributed by atoms with Crippen LogP contribution in [0.3, 0.4) is 0 Å². The highest BCUT2D eigenvalue weighted by atomic mass is 16.4. The highest BCUT2D eigenvalue weighted by molar-refractivity contribution is 5.96. The molecule has 0 aliphatic heterocycles. The zero-order valence-corrected chi connectivity index (χ0v) is 23.5. The van der Waals surface area contributed by atoms with Gasteiger partial charge in [0.15, 0.2) is 0 Å². The standard InChI is InChI=1S/C29H34N6O9/c30-19(9-10-25(38)39)26(40)33-22(13-24(31)37)28(42)34-21(11-15-5-7-17(36)8-6-15)27(41)35-23(29(43)44)12-16-14-32-20-4-2-1-3-18(16)20/h1-8,14,19,21-23,32,36H,9-13,30H2,(H2,31,37)(H,33,40)(H,34,42)(H,35,41)(H,38,39)(H,43,44). The van der Waals surface area contributed by atoms with Gasteiger partial charge < -0.3 is 47.7 Å². The first kappa shape index (κ1) is 33.1. The lowest BCUT2D eigenvalue weighted by atomic mass is 10.0. The van der Waals surface area contributed by atoms with Crippen LogP contribution in [0.25, 0.3) is 10.9 Å². The van der Waals surface area contributed by atoms with Crippen LogP contribution in [-0.2, 0) is 41.6 Å². The average molecular weight is 611 g/mol. The molecule has 11 N–H and O–H groups in total. The third-order valence-electron chi connectivity index (χ3n) is 6.77. The predicted molar refractivity (Wildman–Crippen MR) is 156 cm³/mol. The minimum Gasteiger partial charge on any atom is -0.508 e. The van der Waals surface area contributed by atoms with E-state index in [0.717, 1.165) is 10.9 Å². The number of nitrogens with one attached hydrogen (secondary N) is 4. The summed E-state index contributed by atoms with van der Waals surface area (Å²) < 4.78 is 0. The van der Waals surface area contributed by atoms with Crippen molar-refractivity contribution in [3.63, 3.8) is 0 Å². The Hall–Kier alpha value is -5.44. The molecule has 0 bridgehead atoms. The summed E-state index contributed by atoms with van der Waals surface area (Å²) in [7, 11) is 0. The zero-order valence-electron chi connectivity index (χ0n) is 23.5. The highest BCUT2D eigenvalue weighted by Crippen LogP contribution is 2.19. The number of aromatic nitrogens is 1. The maximum atomic E-state index is 13.5. The normalized spacial score (nSPS) is 13.7. The SMILES string of the molecule is NC(=O)CC(NC(=O)C(N)CCC(=O)O)C(=O)NC(Cc1ccc(O)cc1)C(=O)NC(Cc1c[nH]c2ccccc12)C(=O)O. The second-order valence-electron chi connectivity index (χ2n) is 10.2. The van der Waals surface area contributed by atoms with Crippen molar-refractivity contribution in [3.8, 4) is 5.75 Å². The van der Waals surface area contributed by atoms with Crippen LogP contribution in [0, 0.1) is 0 Å². The van der Waals surface area contributed by atoms with E-state index in [1.165, 1.54) is 24.3 Å². The molecule has 3 aromatic rings. The summed E-state index contributed by atoms with van der Waals surface area (Å²) in [6.45, 7) is 0. The number of carboxylic acids is 2. The number of hydrogen-bond acceptors (Lipinski definition) is 8. The predicted octanol–water partition coefficient (Wildman–Crippen LogP) is -0.735. The average Bonchev–Trinajstić information content (AvgIpc) is 3.38. The van der Waals surface area contributed by atoms with E-state index in [4.69, 9.17) is 16.6 Å². The number of carbonyl (C=O) groups is 6. The van der Waals surface area contributed by atoms with Gasteiger partial charge in [-0.2, -0.15) is 0 Å². The number of aliphatic carboxylic acids is 2. The Bertz CT molecular complexity index is 1520. The first-order chi connectivity index (χ1) is 20.8. The van der Waals surface area contributed by atoms with E-state index in [1.807, 2.05) is 12.1 Å². The quantitative estimate of drug-likeness (QED) is 0.0980. The molecule has 3 rings (SSSR count). The third-order valence-corrected chi connectivity index (χ3v) is 6.77. The van der Waals surface area contributed by atoms with Crippen molar-refractivity contribution in [1.82, 2.24) is 20.9 Å². The molecule has 1 aromatic heterocycles. The maximum absolute atomic E-state index is 13.5. The fourth-order valence-corrected chi connectivity index (χ4v) is 4.44. The van der Waals surface area contributed by atoms with Gasteiger partial charge in [-0.3, -0.25) is 24.0 Å². The molecule has 234 valence electrons. The molecular weight excluding hydrogens is 576 g/mol. The first-order valence-corrected chi connectivity index (χ1v) is 13.6. The van der Waals surface area contributed by atoms with Gasteiger partial charge in [0.05, 0.1) is 12.5 Å². The number of benzene rings is 2. The smallest absolute Gasteiger partial charge is 0.326 e. The molecular formula is C29H34N6O9. The molecule has 15 heteroatoms. The molecule has 15 nitrogen and oxygen atoms in total. The van der Waals surface area contributed by atoms with Gasteiger partial charge in [-0.25, -0.2) is 4.79 Å². The number of aromatic hydroxyl groups is 1. The lowest BCUT2D eigenvalue weighted by Crippen LogP contribution is -2.58. The number of primary amides is 1. The summed E-state index contributed by atoms with van der Waals surface area (Å²) in [4.78, 5) is 77.0. The molecule has 0 fully saturated rings. The van der Waals surface area contributed by atoms with Crippen LogP contribution in [0.1, 0.15) is 30.4 Å². The Balaban J connectivity index is 1.82. The van der Waals surface area contributed by atoms with Gasteiger partial charge in [0.2, 0.25) is 23.6 Å². The summed E-state index contributed by atoms with van der Waals surface area (Å²) in [5, 5.41) is 36.3. The van der Waals surface area contributed by atoms with E-state index in [2.05, 4.69) is 20.9 Å². The second kappa shape index (κ2) is 15.2. The lowest BCUT2D eigenvalue weighted by molar-refractivity contribution is -0.142. The summed E-state index contributed by atoms with van der Waals surface area (Å²) in [5.41, 5.74) is 12.9. The minimum atomic E-state index is -1.58. The van der Waals surface area contributed by atoms with Crippen LogP contribution in [0.4, 0.5) is 0 Å². The van der Waals surface area contributed by atoms with Gasteiger partial charge in [0.1, 0.15) is 23.9 Å². The van der Waals surface area contributed by atoms with Crippen molar-refractivity contribution in [3.05, 3.63) is 65.9 Å². The number of hydrogen-bond donors (Lipinski definition) is 9. The molecule has 1 heterocycles. The van der Waals surface area contributed by atoms with Gasteiger partial charge in [0.25, 0.3) is 0 Å². The lowest BCUT2D eigenvalue weighted by Gasteiger charge is -2.25. The highest BCUT2D eigenvalue weighted by Gasteiger charge is 2.32. The van der Waals surface area contributed by atoms with Gasteiger partial charge in [-0.1, -0.05) is 30.3 Å². The molecule has 4 unspecified atom stereocenters. The molecule has 0 aliphatic rings. The van der Waals surface area contributed by atoms with Crippen LogP contribution in [0.5, 0.6) is 5.75 Å². The van der Waals surface area contributed by atoms with Gasteiger partial charge >= 0.3 is 11.9 Å².